The van der Waals surface area contributed by atoms with Gasteiger partial charge in [0.25, 0.3) is 0 Å². The molecule has 0 aliphatic carbocycles. The number of hydrogen-bond acceptors (Lipinski definition) is 6. The van der Waals surface area contributed by atoms with Crippen molar-refractivity contribution in [1.29, 1.82) is 0 Å². The van der Waals surface area contributed by atoms with Gasteiger partial charge in [0.15, 0.2) is 0 Å². The lowest BCUT2D eigenvalue weighted by atomic mass is 10.1. The molecular weight excluding hydrogens is 334 g/mol. The van der Waals surface area contributed by atoms with Gasteiger partial charge in [-0.25, -0.2) is 0 Å². The summed E-state index contributed by atoms with van der Waals surface area (Å²) in [6.45, 7) is 1.75. The molecule has 0 fully saturated rings. The number of aromatic amines is 1. The largest absolute Gasteiger partial charge is 0.395 e. The van der Waals surface area contributed by atoms with E-state index in [9.17, 15) is 4.79 Å². The van der Waals surface area contributed by atoms with Crippen LogP contribution >= 0.6 is 11.6 Å². The summed E-state index contributed by atoms with van der Waals surface area (Å²) in [4.78, 5) is 13.3. The molecule has 1 heterocycles. The van der Waals surface area contributed by atoms with E-state index in [1.54, 1.807) is 4.90 Å². The molecule has 2 rings (SSSR count). The van der Waals surface area contributed by atoms with Crippen LogP contribution in [-0.4, -0.2) is 69.9 Å². The van der Waals surface area contributed by atoms with Crippen molar-refractivity contribution >= 4 is 11.6 Å². The van der Waals surface area contributed by atoms with E-state index in [1.807, 2.05) is 30.3 Å². The van der Waals surface area contributed by atoms with E-state index >= 15 is 0 Å². The van der Waals surface area contributed by atoms with E-state index in [2.05, 4.69) is 10.2 Å². The number of hydrogen-bond donors (Lipinski definition) is 4. The maximum atomic E-state index is 11.5. The Morgan fingerprint density at radius 3 is 2.00 bits per heavy atom. The normalized spacial score (nSPS) is 10.4. The van der Waals surface area contributed by atoms with Crippen LogP contribution in [-0.2, 0) is 0 Å². The molecular formula is C16H22ClN3O4. The highest BCUT2D eigenvalue weighted by Crippen LogP contribution is 2.11. The van der Waals surface area contributed by atoms with Crippen molar-refractivity contribution < 1.29 is 15.3 Å². The van der Waals surface area contributed by atoms with Crippen molar-refractivity contribution in [3.05, 3.63) is 51.8 Å². The number of H-pyrrole nitrogens is 1. The number of aliphatic hydroxyl groups excluding tert-OH is 3. The fourth-order valence-corrected chi connectivity index (χ4v) is 2.08. The molecule has 24 heavy (non-hydrogen) atoms. The third-order valence-corrected chi connectivity index (χ3v) is 3.26. The Morgan fingerprint density at radius 1 is 1.00 bits per heavy atom. The van der Waals surface area contributed by atoms with Gasteiger partial charge in [0, 0.05) is 31.3 Å². The molecule has 0 radical (unpaired) electrons. The Kier molecular flexibility index (Phi) is 9.90. The molecule has 0 aliphatic heterocycles. The van der Waals surface area contributed by atoms with Gasteiger partial charge in [-0.3, -0.25) is 14.8 Å². The van der Waals surface area contributed by atoms with E-state index < -0.39 is 0 Å². The van der Waals surface area contributed by atoms with Crippen molar-refractivity contribution in [3.63, 3.8) is 0 Å². The van der Waals surface area contributed by atoms with Gasteiger partial charge in [-0.2, -0.15) is 5.10 Å². The zero-order chi connectivity index (χ0) is 17.8. The molecule has 1 aromatic carbocycles. The van der Waals surface area contributed by atoms with E-state index in [4.69, 9.17) is 26.9 Å². The number of rotatable bonds is 7. The molecule has 0 atom stereocenters. The molecule has 0 spiro atoms. The number of halogens is 1. The van der Waals surface area contributed by atoms with Crippen LogP contribution in [0.4, 0.5) is 0 Å². The fourth-order valence-electron chi connectivity index (χ4n) is 1.94. The summed E-state index contributed by atoms with van der Waals surface area (Å²) in [5, 5.41) is 32.1. The smallest absolute Gasteiger partial charge is 0.209 e. The first kappa shape index (κ1) is 20.3. The molecule has 4 N–H and O–H groups in total. The van der Waals surface area contributed by atoms with Gasteiger partial charge in [0.2, 0.25) is 5.43 Å². The monoisotopic (exact) mass is 355 g/mol. The third kappa shape index (κ3) is 7.20. The second kappa shape index (κ2) is 11.7. The number of nitrogens with one attached hydrogen (secondary N) is 1. The van der Waals surface area contributed by atoms with Crippen LogP contribution in [0.15, 0.2) is 41.2 Å². The van der Waals surface area contributed by atoms with Crippen molar-refractivity contribution in [2.24, 2.45) is 0 Å². The van der Waals surface area contributed by atoms with Crippen LogP contribution in [0, 0.1) is 0 Å². The summed E-state index contributed by atoms with van der Waals surface area (Å²) in [5.41, 5.74) is 0.986. The lowest BCUT2D eigenvalue weighted by molar-refractivity contribution is 0.136. The average molecular weight is 356 g/mol. The maximum absolute atomic E-state index is 11.5. The molecule has 8 heteroatoms. The summed E-state index contributed by atoms with van der Waals surface area (Å²) in [5.74, 6) is 0. The van der Waals surface area contributed by atoms with Crippen LogP contribution in [0.2, 0.25) is 5.15 Å². The van der Waals surface area contributed by atoms with E-state index in [0.29, 0.717) is 25.3 Å². The predicted molar refractivity (Wildman–Crippen MR) is 93.0 cm³/mol. The molecule has 0 aliphatic rings. The predicted octanol–water partition coefficient (Wildman–Crippen LogP) is 0.356. The van der Waals surface area contributed by atoms with Gasteiger partial charge in [-0.1, -0.05) is 41.9 Å². The maximum Gasteiger partial charge on any atom is 0.209 e. The zero-order valence-electron chi connectivity index (χ0n) is 13.2. The second-order valence-electron chi connectivity index (χ2n) is 4.81. The lowest BCUT2D eigenvalue weighted by Gasteiger charge is -2.17. The van der Waals surface area contributed by atoms with Crippen molar-refractivity contribution in [2.75, 3.05) is 39.5 Å². The number of nitrogens with zero attached hydrogens (tertiary/aromatic N) is 2. The summed E-state index contributed by atoms with van der Waals surface area (Å²) in [6.07, 6.45) is 0. The van der Waals surface area contributed by atoms with Crippen molar-refractivity contribution in [2.45, 2.75) is 0 Å². The molecule has 0 unspecified atom stereocenters. The standard InChI is InChI=1S/C10H7ClN2O.C6H15NO3/c11-9-6-8(14)10(13-12-9)7-4-2-1-3-5-7;8-4-1-7(2-5-9)3-6-10/h1-6H,(H,12,14);8-10H,1-6H2. The molecule has 0 saturated carbocycles. The third-order valence-electron chi connectivity index (χ3n) is 3.06. The topological polar surface area (TPSA) is 110 Å². The van der Waals surface area contributed by atoms with Crippen LogP contribution < -0.4 is 5.43 Å². The first-order chi connectivity index (χ1) is 11.6. The van der Waals surface area contributed by atoms with Gasteiger partial charge >= 0.3 is 0 Å². The lowest BCUT2D eigenvalue weighted by Crippen LogP contribution is -2.32. The minimum atomic E-state index is -0.181. The number of benzene rings is 1. The summed E-state index contributed by atoms with van der Waals surface area (Å²) in [6, 6.07) is 10.6. The van der Waals surface area contributed by atoms with Crippen LogP contribution in [0.5, 0.6) is 0 Å². The number of aliphatic hydroxyl groups is 3. The SMILES string of the molecule is O=c1cc(Cl)[nH]nc1-c1ccccc1.OCCN(CCO)CCO. The van der Waals surface area contributed by atoms with Crippen LogP contribution in [0.1, 0.15) is 0 Å². The van der Waals surface area contributed by atoms with Crippen molar-refractivity contribution in [3.8, 4) is 11.3 Å². The summed E-state index contributed by atoms with van der Waals surface area (Å²) < 4.78 is 0. The van der Waals surface area contributed by atoms with Gasteiger partial charge < -0.3 is 15.3 Å². The zero-order valence-corrected chi connectivity index (χ0v) is 14.0. The Balaban J connectivity index is 0.000000257. The van der Waals surface area contributed by atoms with Gasteiger partial charge in [-0.15, -0.1) is 0 Å². The summed E-state index contributed by atoms with van der Waals surface area (Å²) >= 11 is 5.59. The van der Waals surface area contributed by atoms with Gasteiger partial charge in [-0.05, 0) is 0 Å². The highest BCUT2D eigenvalue weighted by molar-refractivity contribution is 6.29. The highest BCUT2D eigenvalue weighted by atomic mass is 35.5. The quantitative estimate of drug-likeness (QED) is 0.571. The highest BCUT2D eigenvalue weighted by Gasteiger charge is 2.04. The first-order valence-electron chi connectivity index (χ1n) is 7.48. The van der Waals surface area contributed by atoms with Crippen molar-refractivity contribution in [1.82, 2.24) is 15.1 Å². The second-order valence-corrected chi connectivity index (χ2v) is 5.21. The Morgan fingerprint density at radius 2 is 1.54 bits per heavy atom. The van der Waals surface area contributed by atoms with E-state index in [-0.39, 0.29) is 30.4 Å². The molecule has 0 bridgehead atoms. The van der Waals surface area contributed by atoms with Gasteiger partial charge in [0.05, 0.1) is 19.8 Å². The minimum absolute atomic E-state index is 0.0694. The molecule has 0 amide bonds. The molecule has 1 aromatic heterocycles. The number of aromatic nitrogens is 2. The molecule has 132 valence electrons. The van der Waals surface area contributed by atoms with Gasteiger partial charge in [0.1, 0.15) is 10.8 Å². The van der Waals surface area contributed by atoms with E-state index in [1.165, 1.54) is 6.07 Å². The minimum Gasteiger partial charge on any atom is -0.395 e. The van der Waals surface area contributed by atoms with Crippen LogP contribution in [0.25, 0.3) is 11.3 Å². The fraction of sp³-hybridized carbons (Fsp3) is 0.375. The Bertz CT molecular complexity index is 622. The van der Waals surface area contributed by atoms with Crippen LogP contribution in [0.3, 0.4) is 0 Å². The summed E-state index contributed by atoms with van der Waals surface area (Å²) in [7, 11) is 0. The average Bonchev–Trinajstić information content (AvgIpc) is 2.57. The Labute approximate surface area is 145 Å². The van der Waals surface area contributed by atoms with E-state index in [0.717, 1.165) is 5.56 Å². The molecule has 0 saturated heterocycles. The Hall–Kier alpha value is -1.77. The first-order valence-corrected chi connectivity index (χ1v) is 7.85. The molecule has 2 aromatic rings. The molecule has 7 nitrogen and oxygen atoms in total.